The standard InChI is InChI=1S/C18H21N3O5/c1-18(2,3)14-9-13(21-26-14)17(25)20-12-6-4-11(5-7-12)8-15(22)19-10-16(23)24/h4-7,9H,8,10H2,1-3H3,(H,19,22)(H,20,25)(H,23,24). The molecule has 2 aromatic rings. The summed E-state index contributed by atoms with van der Waals surface area (Å²) in [6.45, 7) is 5.46. The minimum atomic E-state index is -1.10. The van der Waals surface area contributed by atoms with E-state index in [4.69, 9.17) is 9.63 Å². The van der Waals surface area contributed by atoms with Crippen LogP contribution < -0.4 is 10.6 Å². The smallest absolute Gasteiger partial charge is 0.322 e. The van der Waals surface area contributed by atoms with Crippen molar-refractivity contribution in [1.29, 1.82) is 0 Å². The Morgan fingerprint density at radius 2 is 1.81 bits per heavy atom. The van der Waals surface area contributed by atoms with Gasteiger partial charge in [0.05, 0.1) is 6.42 Å². The zero-order valence-electron chi connectivity index (χ0n) is 14.8. The Balaban J connectivity index is 1.94. The number of carbonyl (C=O) groups excluding carboxylic acids is 2. The van der Waals surface area contributed by atoms with Gasteiger partial charge in [0.1, 0.15) is 12.3 Å². The van der Waals surface area contributed by atoms with E-state index < -0.39 is 18.4 Å². The molecule has 0 saturated heterocycles. The van der Waals surface area contributed by atoms with Crippen LogP contribution in [0.3, 0.4) is 0 Å². The third kappa shape index (κ3) is 5.44. The Kier molecular flexibility index (Phi) is 5.76. The summed E-state index contributed by atoms with van der Waals surface area (Å²) in [5.74, 6) is -1.26. The molecule has 0 radical (unpaired) electrons. The second kappa shape index (κ2) is 7.81. The van der Waals surface area contributed by atoms with Crippen molar-refractivity contribution in [3.05, 3.63) is 47.3 Å². The van der Waals surface area contributed by atoms with Crippen molar-refractivity contribution in [3.63, 3.8) is 0 Å². The van der Waals surface area contributed by atoms with Crippen LogP contribution in [0.15, 0.2) is 34.9 Å². The summed E-state index contributed by atoms with van der Waals surface area (Å²) in [5, 5.41) is 17.3. The first-order chi connectivity index (χ1) is 12.1. The average molecular weight is 359 g/mol. The van der Waals surface area contributed by atoms with E-state index in [-0.39, 0.29) is 23.4 Å². The maximum absolute atomic E-state index is 12.2. The molecule has 0 bridgehead atoms. The molecule has 0 aliphatic rings. The number of carboxylic acids is 1. The first-order valence-electron chi connectivity index (χ1n) is 8.01. The summed E-state index contributed by atoms with van der Waals surface area (Å²) >= 11 is 0. The zero-order valence-corrected chi connectivity index (χ0v) is 14.8. The zero-order chi connectivity index (χ0) is 19.3. The van der Waals surface area contributed by atoms with Crippen LogP contribution in [0.4, 0.5) is 5.69 Å². The summed E-state index contributed by atoms with van der Waals surface area (Å²) in [6.07, 6.45) is 0.0553. The summed E-state index contributed by atoms with van der Waals surface area (Å²) in [6, 6.07) is 8.28. The fraction of sp³-hybridized carbons (Fsp3) is 0.333. The molecule has 3 N–H and O–H groups in total. The molecule has 0 fully saturated rings. The Morgan fingerprint density at radius 3 is 2.35 bits per heavy atom. The fourth-order valence-corrected chi connectivity index (χ4v) is 2.06. The van der Waals surface area contributed by atoms with Crippen molar-refractivity contribution >= 4 is 23.5 Å². The van der Waals surface area contributed by atoms with Crippen LogP contribution in [0.2, 0.25) is 0 Å². The number of nitrogens with one attached hydrogen (secondary N) is 2. The van der Waals surface area contributed by atoms with Crippen LogP contribution in [-0.4, -0.2) is 34.6 Å². The molecular weight excluding hydrogens is 338 g/mol. The predicted octanol–water partition coefficient (Wildman–Crippen LogP) is 1.97. The van der Waals surface area contributed by atoms with Crippen molar-refractivity contribution in [1.82, 2.24) is 10.5 Å². The largest absolute Gasteiger partial charge is 0.480 e. The molecule has 138 valence electrons. The van der Waals surface area contributed by atoms with E-state index >= 15 is 0 Å². The second-order valence-electron chi connectivity index (χ2n) is 6.82. The molecule has 0 atom stereocenters. The topological polar surface area (TPSA) is 122 Å². The van der Waals surface area contributed by atoms with E-state index in [9.17, 15) is 14.4 Å². The van der Waals surface area contributed by atoms with Gasteiger partial charge in [-0.05, 0) is 17.7 Å². The van der Waals surface area contributed by atoms with Gasteiger partial charge in [-0.25, -0.2) is 0 Å². The number of anilines is 1. The molecule has 0 unspecified atom stereocenters. The van der Waals surface area contributed by atoms with E-state index in [1.807, 2.05) is 20.8 Å². The highest BCUT2D eigenvalue weighted by atomic mass is 16.5. The predicted molar refractivity (Wildman–Crippen MR) is 93.9 cm³/mol. The first kappa shape index (κ1) is 19.2. The highest BCUT2D eigenvalue weighted by Gasteiger charge is 2.22. The third-order valence-electron chi connectivity index (χ3n) is 3.50. The van der Waals surface area contributed by atoms with Crippen molar-refractivity contribution in [3.8, 4) is 0 Å². The van der Waals surface area contributed by atoms with Crippen LogP contribution in [0, 0.1) is 0 Å². The van der Waals surface area contributed by atoms with Gasteiger partial charge < -0.3 is 20.3 Å². The van der Waals surface area contributed by atoms with Crippen molar-refractivity contribution < 1.29 is 24.0 Å². The molecule has 8 nitrogen and oxygen atoms in total. The van der Waals surface area contributed by atoms with Crippen LogP contribution in [0.25, 0.3) is 0 Å². The fourth-order valence-electron chi connectivity index (χ4n) is 2.06. The number of hydrogen-bond acceptors (Lipinski definition) is 5. The Hall–Kier alpha value is -3.16. The summed E-state index contributed by atoms with van der Waals surface area (Å²) in [7, 11) is 0. The maximum atomic E-state index is 12.2. The molecule has 0 aliphatic heterocycles. The van der Waals surface area contributed by atoms with E-state index in [1.165, 1.54) is 0 Å². The van der Waals surface area contributed by atoms with Crippen molar-refractivity contribution in [2.24, 2.45) is 0 Å². The Bertz CT molecular complexity index is 803. The van der Waals surface area contributed by atoms with Gasteiger partial charge in [-0.3, -0.25) is 14.4 Å². The van der Waals surface area contributed by atoms with Gasteiger partial charge in [0.15, 0.2) is 5.69 Å². The Morgan fingerprint density at radius 1 is 1.15 bits per heavy atom. The number of aromatic nitrogens is 1. The number of nitrogens with zero attached hydrogens (tertiary/aromatic N) is 1. The lowest BCUT2D eigenvalue weighted by molar-refractivity contribution is -0.137. The number of amides is 2. The average Bonchev–Trinajstić information content (AvgIpc) is 3.05. The molecule has 0 spiro atoms. The van der Waals surface area contributed by atoms with Gasteiger partial charge in [0.2, 0.25) is 5.91 Å². The van der Waals surface area contributed by atoms with Crippen molar-refractivity contribution in [2.45, 2.75) is 32.6 Å². The third-order valence-corrected chi connectivity index (χ3v) is 3.50. The van der Waals surface area contributed by atoms with Crippen LogP contribution in [-0.2, 0) is 21.4 Å². The lowest BCUT2D eigenvalue weighted by Gasteiger charge is -2.12. The number of aliphatic carboxylic acids is 1. The molecule has 8 heteroatoms. The lowest BCUT2D eigenvalue weighted by atomic mass is 9.93. The number of hydrogen-bond donors (Lipinski definition) is 3. The van der Waals surface area contributed by atoms with Gasteiger partial charge in [-0.15, -0.1) is 0 Å². The van der Waals surface area contributed by atoms with E-state index in [1.54, 1.807) is 30.3 Å². The van der Waals surface area contributed by atoms with Gasteiger partial charge in [0, 0.05) is 17.2 Å². The number of carbonyl (C=O) groups is 3. The Labute approximate surface area is 150 Å². The van der Waals surface area contributed by atoms with E-state index in [0.29, 0.717) is 17.0 Å². The second-order valence-corrected chi connectivity index (χ2v) is 6.82. The summed E-state index contributed by atoms with van der Waals surface area (Å²) in [4.78, 5) is 34.2. The first-order valence-corrected chi connectivity index (χ1v) is 8.01. The normalized spacial score (nSPS) is 11.0. The molecule has 2 rings (SSSR count). The maximum Gasteiger partial charge on any atom is 0.322 e. The van der Waals surface area contributed by atoms with E-state index in [2.05, 4.69) is 15.8 Å². The minimum absolute atomic E-state index is 0.0553. The summed E-state index contributed by atoms with van der Waals surface area (Å²) < 4.78 is 5.19. The monoisotopic (exact) mass is 359 g/mol. The lowest BCUT2D eigenvalue weighted by Crippen LogP contribution is -2.30. The highest BCUT2D eigenvalue weighted by molar-refractivity contribution is 6.02. The van der Waals surface area contributed by atoms with Gasteiger partial charge >= 0.3 is 5.97 Å². The quantitative estimate of drug-likeness (QED) is 0.725. The minimum Gasteiger partial charge on any atom is -0.480 e. The van der Waals surface area contributed by atoms with Crippen LogP contribution in [0.1, 0.15) is 42.6 Å². The van der Waals surface area contributed by atoms with E-state index in [0.717, 1.165) is 0 Å². The van der Waals surface area contributed by atoms with Gasteiger partial charge in [-0.1, -0.05) is 38.1 Å². The molecule has 0 saturated carbocycles. The van der Waals surface area contributed by atoms with Crippen LogP contribution in [0.5, 0.6) is 0 Å². The number of benzene rings is 1. The molecular formula is C18H21N3O5. The number of rotatable bonds is 6. The van der Waals surface area contributed by atoms with Crippen LogP contribution >= 0.6 is 0 Å². The molecule has 2 amide bonds. The molecule has 0 aliphatic carbocycles. The molecule has 1 heterocycles. The molecule has 1 aromatic carbocycles. The highest BCUT2D eigenvalue weighted by Crippen LogP contribution is 2.23. The SMILES string of the molecule is CC(C)(C)c1cc(C(=O)Nc2ccc(CC(=O)NCC(=O)O)cc2)no1. The van der Waals surface area contributed by atoms with Gasteiger partial charge in [0.25, 0.3) is 5.91 Å². The molecule has 26 heavy (non-hydrogen) atoms. The number of carboxylic acid groups (broad SMARTS) is 1. The molecule has 1 aromatic heterocycles. The van der Waals surface area contributed by atoms with Crippen molar-refractivity contribution in [2.75, 3.05) is 11.9 Å². The summed E-state index contributed by atoms with van der Waals surface area (Å²) in [5.41, 5.74) is 1.19. The van der Waals surface area contributed by atoms with Gasteiger partial charge in [-0.2, -0.15) is 0 Å².